The van der Waals surface area contributed by atoms with Crippen LogP contribution in [0.15, 0.2) is 40.8 Å². The molecule has 0 unspecified atom stereocenters. The molecule has 146 valence electrons. The minimum absolute atomic E-state index is 0.0783. The van der Waals surface area contributed by atoms with Crippen molar-refractivity contribution < 1.29 is 13.9 Å². The van der Waals surface area contributed by atoms with Gasteiger partial charge in [-0.05, 0) is 73.6 Å². The van der Waals surface area contributed by atoms with E-state index < -0.39 is 0 Å². The summed E-state index contributed by atoms with van der Waals surface area (Å²) in [6.07, 6.45) is 3.01. The lowest BCUT2D eigenvalue weighted by atomic mass is 9.87. The van der Waals surface area contributed by atoms with Gasteiger partial charge >= 0.3 is 0 Å². The molecule has 1 fully saturated rings. The summed E-state index contributed by atoms with van der Waals surface area (Å²) in [5.74, 6) is 1.03. The highest BCUT2D eigenvalue weighted by Crippen LogP contribution is 2.33. The monoisotopic (exact) mass is 378 g/mol. The number of aromatic nitrogens is 1. The molecule has 1 aromatic heterocycles. The number of hydrogen-bond acceptors (Lipinski definition) is 4. The van der Waals surface area contributed by atoms with Crippen molar-refractivity contribution in [2.45, 2.75) is 39.0 Å². The fourth-order valence-corrected chi connectivity index (χ4v) is 3.75. The predicted octanol–water partition coefficient (Wildman–Crippen LogP) is 4.84. The molecule has 1 aliphatic rings. The van der Waals surface area contributed by atoms with E-state index in [1.54, 1.807) is 12.1 Å². The molecule has 0 aliphatic carbocycles. The van der Waals surface area contributed by atoms with Gasteiger partial charge in [0.15, 0.2) is 5.58 Å². The van der Waals surface area contributed by atoms with Crippen molar-refractivity contribution >= 4 is 17.0 Å². The van der Waals surface area contributed by atoms with Crippen molar-refractivity contribution in [2.24, 2.45) is 0 Å². The van der Waals surface area contributed by atoms with Gasteiger partial charge in [0.25, 0.3) is 5.91 Å². The molecular weight excluding hydrogens is 352 g/mol. The van der Waals surface area contributed by atoms with Crippen LogP contribution in [-0.2, 0) is 4.74 Å². The van der Waals surface area contributed by atoms with Crippen molar-refractivity contribution in [2.75, 3.05) is 19.8 Å². The highest BCUT2D eigenvalue weighted by atomic mass is 16.5. The van der Waals surface area contributed by atoms with Crippen LogP contribution in [-0.4, -0.2) is 30.6 Å². The highest BCUT2D eigenvalue weighted by Gasteiger charge is 2.19. The Bertz CT molecular complexity index is 987. The Balaban J connectivity index is 1.64. The van der Waals surface area contributed by atoms with Gasteiger partial charge in [-0.2, -0.15) is 0 Å². The summed E-state index contributed by atoms with van der Waals surface area (Å²) in [7, 11) is 0. The minimum atomic E-state index is -0.0783. The first-order valence-electron chi connectivity index (χ1n) is 10.0. The lowest BCUT2D eigenvalue weighted by Gasteiger charge is -2.24. The number of carbonyl (C=O) groups is 1. The molecule has 0 atom stereocenters. The smallest absolute Gasteiger partial charge is 0.251 e. The Morgan fingerprint density at radius 3 is 2.79 bits per heavy atom. The first kappa shape index (κ1) is 18.7. The zero-order chi connectivity index (χ0) is 19.5. The molecule has 1 N–H and O–H groups in total. The third kappa shape index (κ3) is 3.80. The normalized spacial score (nSPS) is 15.1. The number of ether oxygens (including phenoxy) is 1. The molecule has 28 heavy (non-hydrogen) atoms. The second kappa shape index (κ2) is 8.15. The first-order chi connectivity index (χ1) is 13.7. The summed E-state index contributed by atoms with van der Waals surface area (Å²) in [6.45, 7) is 6.49. The molecule has 0 saturated carbocycles. The van der Waals surface area contributed by atoms with Gasteiger partial charge in [0.1, 0.15) is 5.52 Å². The Hall–Kier alpha value is -2.66. The van der Waals surface area contributed by atoms with Crippen molar-refractivity contribution in [1.82, 2.24) is 10.3 Å². The number of rotatable bonds is 5. The maximum atomic E-state index is 12.2. The predicted molar refractivity (Wildman–Crippen MR) is 110 cm³/mol. The van der Waals surface area contributed by atoms with Gasteiger partial charge in [0.05, 0.1) is 0 Å². The summed E-state index contributed by atoms with van der Waals surface area (Å²) in [4.78, 5) is 16.9. The highest BCUT2D eigenvalue weighted by molar-refractivity contribution is 5.97. The molecule has 2 heterocycles. The molecule has 5 nitrogen and oxygen atoms in total. The third-order valence-electron chi connectivity index (χ3n) is 5.37. The quantitative estimate of drug-likeness (QED) is 0.690. The molecule has 1 saturated heterocycles. The SMILES string of the molecule is CCCNC(=O)c1ccc2oc(-c3ccc(C)c(C4CCOCC4)c3)nc2c1. The first-order valence-corrected chi connectivity index (χ1v) is 10.0. The van der Waals surface area contributed by atoms with Crippen molar-refractivity contribution in [1.29, 1.82) is 0 Å². The van der Waals surface area contributed by atoms with Crippen molar-refractivity contribution in [3.05, 3.63) is 53.1 Å². The second-order valence-electron chi connectivity index (χ2n) is 7.42. The number of hydrogen-bond donors (Lipinski definition) is 1. The number of nitrogens with one attached hydrogen (secondary N) is 1. The van der Waals surface area contributed by atoms with Gasteiger partial charge in [-0.25, -0.2) is 4.98 Å². The Labute approximate surface area is 165 Å². The summed E-state index contributed by atoms with van der Waals surface area (Å²) in [6, 6.07) is 11.8. The van der Waals surface area contributed by atoms with E-state index >= 15 is 0 Å². The van der Waals surface area contributed by atoms with Crippen LogP contribution >= 0.6 is 0 Å². The minimum Gasteiger partial charge on any atom is -0.436 e. The van der Waals surface area contributed by atoms with Crippen LogP contribution < -0.4 is 5.32 Å². The van der Waals surface area contributed by atoms with Gasteiger partial charge in [0.2, 0.25) is 5.89 Å². The summed E-state index contributed by atoms with van der Waals surface area (Å²) >= 11 is 0. The Kier molecular flexibility index (Phi) is 5.44. The van der Waals surface area contributed by atoms with E-state index in [-0.39, 0.29) is 5.91 Å². The van der Waals surface area contributed by atoms with Gasteiger partial charge in [-0.3, -0.25) is 4.79 Å². The van der Waals surface area contributed by atoms with E-state index in [1.165, 1.54) is 11.1 Å². The van der Waals surface area contributed by atoms with E-state index in [1.807, 2.05) is 13.0 Å². The molecule has 0 radical (unpaired) electrons. The molecule has 0 spiro atoms. The third-order valence-corrected chi connectivity index (χ3v) is 5.37. The number of amides is 1. The van der Waals surface area contributed by atoms with Crippen LogP contribution in [0.25, 0.3) is 22.6 Å². The maximum Gasteiger partial charge on any atom is 0.251 e. The lowest BCUT2D eigenvalue weighted by Crippen LogP contribution is -2.23. The van der Waals surface area contributed by atoms with Crippen molar-refractivity contribution in [3.63, 3.8) is 0 Å². The van der Waals surface area contributed by atoms with Crippen LogP contribution in [0.2, 0.25) is 0 Å². The van der Waals surface area contributed by atoms with E-state index in [9.17, 15) is 4.79 Å². The topological polar surface area (TPSA) is 64.4 Å². The van der Waals surface area contributed by atoms with Crippen LogP contribution in [0.1, 0.15) is 53.6 Å². The number of nitrogens with zero attached hydrogens (tertiary/aromatic N) is 1. The summed E-state index contributed by atoms with van der Waals surface area (Å²) < 4.78 is 11.5. The van der Waals surface area contributed by atoms with E-state index in [0.717, 1.165) is 38.0 Å². The average molecular weight is 378 g/mol. The standard InChI is InChI=1S/C23H26N2O3/c1-3-10-24-22(26)17-6-7-21-20(14-17)25-23(28-21)18-5-4-15(2)19(13-18)16-8-11-27-12-9-16/h4-7,13-14,16H,3,8-12H2,1-2H3,(H,24,26). The van der Waals surface area contributed by atoms with E-state index in [0.29, 0.717) is 35.0 Å². The fourth-order valence-electron chi connectivity index (χ4n) is 3.75. The molecule has 0 bridgehead atoms. The van der Waals surface area contributed by atoms with Crippen LogP contribution in [0.5, 0.6) is 0 Å². The zero-order valence-electron chi connectivity index (χ0n) is 16.5. The van der Waals surface area contributed by atoms with Crippen LogP contribution in [0, 0.1) is 6.92 Å². The van der Waals surface area contributed by atoms with Gasteiger partial charge in [0, 0.05) is 30.9 Å². The van der Waals surface area contributed by atoms with E-state index in [2.05, 4.69) is 35.4 Å². The average Bonchev–Trinajstić information content (AvgIpc) is 3.16. The maximum absolute atomic E-state index is 12.2. The van der Waals surface area contributed by atoms with Crippen LogP contribution in [0.4, 0.5) is 0 Å². The largest absolute Gasteiger partial charge is 0.436 e. The summed E-state index contributed by atoms with van der Waals surface area (Å²) in [5.41, 5.74) is 5.61. The molecule has 1 aliphatic heterocycles. The zero-order valence-corrected chi connectivity index (χ0v) is 16.5. The molecular formula is C23H26N2O3. The van der Waals surface area contributed by atoms with Crippen LogP contribution in [0.3, 0.4) is 0 Å². The molecule has 5 heteroatoms. The number of fused-ring (bicyclic) bond motifs is 1. The van der Waals surface area contributed by atoms with Gasteiger partial charge in [-0.15, -0.1) is 0 Å². The number of oxazole rings is 1. The molecule has 2 aromatic carbocycles. The molecule has 4 rings (SSSR count). The Morgan fingerprint density at radius 1 is 1.18 bits per heavy atom. The fraction of sp³-hybridized carbons (Fsp3) is 0.391. The number of carbonyl (C=O) groups excluding carboxylic acids is 1. The second-order valence-corrected chi connectivity index (χ2v) is 7.42. The molecule has 3 aromatic rings. The van der Waals surface area contributed by atoms with Gasteiger partial charge in [-0.1, -0.05) is 13.0 Å². The van der Waals surface area contributed by atoms with Crippen molar-refractivity contribution in [3.8, 4) is 11.5 Å². The molecule has 1 amide bonds. The summed E-state index contributed by atoms with van der Waals surface area (Å²) in [5, 5.41) is 2.89. The Morgan fingerprint density at radius 2 is 2.00 bits per heavy atom. The van der Waals surface area contributed by atoms with Gasteiger partial charge < -0.3 is 14.5 Å². The number of aryl methyl sites for hydroxylation is 1. The number of benzene rings is 2. The van der Waals surface area contributed by atoms with E-state index in [4.69, 9.17) is 9.15 Å². The lowest BCUT2D eigenvalue weighted by molar-refractivity contribution is 0.0852.